The molecule has 1 aliphatic heterocycles. The molecule has 1 aliphatic rings. The van der Waals surface area contributed by atoms with E-state index in [2.05, 4.69) is 5.32 Å². The van der Waals surface area contributed by atoms with E-state index in [1.165, 1.54) is 31.0 Å². The molecule has 0 spiro atoms. The molecule has 1 N–H and O–H groups in total. The average Bonchev–Trinajstić information content (AvgIpc) is 2.41. The van der Waals surface area contributed by atoms with Gasteiger partial charge in [-0.25, -0.2) is 4.39 Å². The second-order valence-corrected chi connectivity index (χ2v) is 4.63. The Morgan fingerprint density at radius 1 is 1.47 bits per heavy atom. The van der Waals surface area contributed by atoms with Crippen LogP contribution < -0.4 is 10.1 Å². The Kier molecular flexibility index (Phi) is 4.68. The number of para-hydroxylation sites is 1. The second kappa shape index (κ2) is 6.47. The van der Waals surface area contributed by atoms with Gasteiger partial charge in [0.25, 0.3) is 0 Å². The lowest BCUT2D eigenvalue weighted by Crippen LogP contribution is -2.35. The van der Waals surface area contributed by atoms with E-state index in [9.17, 15) is 14.5 Å². The van der Waals surface area contributed by atoms with Gasteiger partial charge in [0.1, 0.15) is 0 Å². The van der Waals surface area contributed by atoms with Crippen molar-refractivity contribution in [2.75, 3.05) is 13.2 Å². The second-order valence-electron chi connectivity index (χ2n) is 4.63. The van der Waals surface area contributed by atoms with Crippen molar-refractivity contribution >= 4 is 5.69 Å². The van der Waals surface area contributed by atoms with Crippen molar-refractivity contribution in [2.24, 2.45) is 0 Å². The monoisotopic (exact) mass is 268 g/mol. The van der Waals surface area contributed by atoms with Crippen LogP contribution in [0.4, 0.5) is 10.1 Å². The van der Waals surface area contributed by atoms with Gasteiger partial charge < -0.3 is 10.1 Å². The Balaban J connectivity index is 1.93. The predicted octanol–water partition coefficient (Wildman–Crippen LogP) is 2.64. The Morgan fingerprint density at radius 3 is 3.00 bits per heavy atom. The topological polar surface area (TPSA) is 64.4 Å². The fourth-order valence-corrected chi connectivity index (χ4v) is 2.26. The number of rotatable bonds is 5. The molecule has 0 amide bonds. The quantitative estimate of drug-likeness (QED) is 0.658. The minimum Gasteiger partial charge on any atom is -0.485 e. The summed E-state index contributed by atoms with van der Waals surface area (Å²) < 4.78 is 18.8. The van der Waals surface area contributed by atoms with Gasteiger partial charge in [0.05, 0.1) is 11.5 Å². The summed E-state index contributed by atoms with van der Waals surface area (Å²) in [5, 5.41) is 14.1. The van der Waals surface area contributed by atoms with Crippen molar-refractivity contribution in [2.45, 2.75) is 31.7 Å². The van der Waals surface area contributed by atoms with Crippen LogP contribution in [-0.4, -0.2) is 24.1 Å². The fourth-order valence-electron chi connectivity index (χ4n) is 2.26. The zero-order chi connectivity index (χ0) is 13.7. The highest BCUT2D eigenvalue weighted by Crippen LogP contribution is 2.29. The van der Waals surface area contributed by atoms with Crippen LogP contribution in [0.2, 0.25) is 0 Å². The Labute approximate surface area is 110 Å². The molecule has 0 aliphatic carbocycles. The molecule has 1 saturated heterocycles. The summed E-state index contributed by atoms with van der Waals surface area (Å²) in [4.78, 5) is 10.2. The minimum atomic E-state index is -0.689. The SMILES string of the molecule is O=[N+]([O-])c1cccc(F)c1OCCC1CCCCN1. The van der Waals surface area contributed by atoms with Crippen molar-refractivity contribution in [3.8, 4) is 5.75 Å². The molecule has 0 saturated carbocycles. The zero-order valence-electron chi connectivity index (χ0n) is 10.6. The molecular weight excluding hydrogens is 251 g/mol. The van der Waals surface area contributed by atoms with E-state index in [0.29, 0.717) is 6.04 Å². The van der Waals surface area contributed by atoms with Gasteiger partial charge in [0.15, 0.2) is 5.82 Å². The van der Waals surface area contributed by atoms with Crippen LogP contribution in [0, 0.1) is 15.9 Å². The highest BCUT2D eigenvalue weighted by molar-refractivity contribution is 5.46. The molecule has 2 rings (SSSR count). The van der Waals surface area contributed by atoms with Crippen LogP contribution in [0.25, 0.3) is 0 Å². The Morgan fingerprint density at radius 2 is 2.32 bits per heavy atom. The van der Waals surface area contributed by atoms with Crippen LogP contribution in [-0.2, 0) is 0 Å². The standard InChI is InChI=1S/C13H17FN2O3/c14-11-5-3-6-12(16(17)18)13(11)19-9-7-10-4-1-2-8-15-10/h3,5-6,10,15H,1-2,4,7-9H2. The summed E-state index contributed by atoms with van der Waals surface area (Å²) in [6, 6.07) is 4.08. The molecule has 6 heteroatoms. The third kappa shape index (κ3) is 3.64. The van der Waals surface area contributed by atoms with Gasteiger partial charge in [-0.05, 0) is 31.9 Å². The number of piperidine rings is 1. The minimum absolute atomic E-state index is 0.261. The number of nitro groups is 1. The van der Waals surface area contributed by atoms with Crippen molar-refractivity contribution in [1.82, 2.24) is 5.32 Å². The lowest BCUT2D eigenvalue weighted by Gasteiger charge is -2.23. The molecule has 1 fully saturated rings. The number of nitro benzene ring substituents is 1. The molecule has 1 aromatic carbocycles. The van der Waals surface area contributed by atoms with E-state index >= 15 is 0 Å². The predicted molar refractivity (Wildman–Crippen MR) is 68.8 cm³/mol. The molecular formula is C13H17FN2O3. The highest BCUT2D eigenvalue weighted by atomic mass is 19.1. The van der Waals surface area contributed by atoms with Crippen LogP contribution in [0.1, 0.15) is 25.7 Å². The van der Waals surface area contributed by atoms with E-state index in [-0.39, 0.29) is 18.0 Å². The first-order valence-corrected chi connectivity index (χ1v) is 6.47. The number of benzene rings is 1. The van der Waals surface area contributed by atoms with Crippen LogP contribution in [0.3, 0.4) is 0 Å². The third-order valence-electron chi connectivity index (χ3n) is 3.27. The summed E-state index contributed by atoms with van der Waals surface area (Å²) in [5.41, 5.74) is -0.323. The highest BCUT2D eigenvalue weighted by Gasteiger charge is 2.20. The summed E-state index contributed by atoms with van der Waals surface area (Å²) in [6.07, 6.45) is 4.15. The molecule has 19 heavy (non-hydrogen) atoms. The van der Waals surface area contributed by atoms with E-state index < -0.39 is 10.7 Å². The largest absolute Gasteiger partial charge is 0.485 e. The number of ether oxygens (including phenoxy) is 1. The smallest absolute Gasteiger partial charge is 0.314 e. The molecule has 0 aromatic heterocycles. The van der Waals surface area contributed by atoms with E-state index in [4.69, 9.17) is 4.74 Å². The molecule has 104 valence electrons. The molecule has 1 atom stereocenters. The van der Waals surface area contributed by atoms with Crippen molar-refractivity contribution in [1.29, 1.82) is 0 Å². The Hall–Kier alpha value is -1.69. The zero-order valence-corrected chi connectivity index (χ0v) is 10.6. The van der Waals surface area contributed by atoms with Crippen LogP contribution in [0.5, 0.6) is 5.75 Å². The molecule has 5 nitrogen and oxygen atoms in total. The number of nitrogens with one attached hydrogen (secondary N) is 1. The maximum Gasteiger partial charge on any atom is 0.314 e. The van der Waals surface area contributed by atoms with Gasteiger partial charge in [-0.2, -0.15) is 0 Å². The van der Waals surface area contributed by atoms with E-state index in [1.807, 2.05) is 0 Å². The molecule has 0 bridgehead atoms. The lowest BCUT2D eigenvalue weighted by atomic mass is 10.0. The summed E-state index contributed by atoms with van der Waals surface area (Å²) >= 11 is 0. The number of halogens is 1. The maximum atomic E-state index is 13.5. The first kappa shape index (κ1) is 13.7. The van der Waals surface area contributed by atoms with Gasteiger partial charge in [-0.1, -0.05) is 12.5 Å². The van der Waals surface area contributed by atoms with Crippen molar-refractivity contribution in [3.63, 3.8) is 0 Å². The number of hydrogen-bond donors (Lipinski definition) is 1. The molecule has 0 radical (unpaired) electrons. The summed E-state index contributed by atoms with van der Waals surface area (Å²) in [5.74, 6) is -0.950. The van der Waals surface area contributed by atoms with Gasteiger partial charge >= 0.3 is 5.69 Å². The average molecular weight is 268 g/mol. The number of hydrogen-bond acceptors (Lipinski definition) is 4. The summed E-state index contributed by atoms with van der Waals surface area (Å²) in [6.45, 7) is 1.27. The third-order valence-corrected chi connectivity index (χ3v) is 3.27. The van der Waals surface area contributed by atoms with E-state index in [1.54, 1.807) is 0 Å². The number of nitrogens with zero attached hydrogens (tertiary/aromatic N) is 1. The first-order chi connectivity index (χ1) is 9.18. The van der Waals surface area contributed by atoms with Crippen LogP contribution in [0.15, 0.2) is 18.2 Å². The molecule has 1 heterocycles. The van der Waals surface area contributed by atoms with E-state index in [0.717, 1.165) is 19.4 Å². The van der Waals surface area contributed by atoms with Crippen molar-refractivity contribution in [3.05, 3.63) is 34.1 Å². The first-order valence-electron chi connectivity index (χ1n) is 6.47. The lowest BCUT2D eigenvalue weighted by molar-refractivity contribution is -0.386. The normalized spacial score (nSPS) is 19.1. The summed E-state index contributed by atoms with van der Waals surface area (Å²) in [7, 11) is 0. The van der Waals surface area contributed by atoms with Gasteiger partial charge in [0.2, 0.25) is 5.75 Å². The van der Waals surface area contributed by atoms with Crippen LogP contribution >= 0.6 is 0 Å². The Bertz CT molecular complexity index is 448. The van der Waals surface area contributed by atoms with Gasteiger partial charge in [-0.15, -0.1) is 0 Å². The molecule has 1 aromatic rings. The maximum absolute atomic E-state index is 13.5. The van der Waals surface area contributed by atoms with Crippen molar-refractivity contribution < 1.29 is 14.1 Å². The molecule has 1 unspecified atom stereocenters. The van der Waals surface area contributed by atoms with Gasteiger partial charge in [0, 0.05) is 12.1 Å². The fraction of sp³-hybridized carbons (Fsp3) is 0.538. The van der Waals surface area contributed by atoms with Gasteiger partial charge in [-0.3, -0.25) is 10.1 Å².